The lowest BCUT2D eigenvalue weighted by Gasteiger charge is -2.12. The van der Waals surface area contributed by atoms with Gasteiger partial charge in [-0.2, -0.15) is 0 Å². The molecule has 1 aromatic carbocycles. The molecule has 0 aliphatic rings. The van der Waals surface area contributed by atoms with Gasteiger partial charge in [0, 0.05) is 0 Å². The second-order valence-electron chi connectivity index (χ2n) is 3.41. The Morgan fingerprint density at radius 2 is 1.58 bits per heavy atom. The number of methoxy groups -OCH3 is 2. The molecule has 1 aromatic rings. The minimum atomic E-state index is -1.70. The molecule has 9 heteroatoms. The second-order valence-corrected chi connectivity index (χ2v) is 3.41. The summed E-state index contributed by atoms with van der Waals surface area (Å²) in [4.78, 5) is 22.3. The van der Waals surface area contributed by atoms with Crippen molar-refractivity contribution in [1.29, 1.82) is 0 Å². The van der Waals surface area contributed by atoms with Gasteiger partial charge in [-0.05, 0) is 17.6 Å². The Morgan fingerprint density at radius 1 is 1.05 bits per heavy atom. The fourth-order valence-electron chi connectivity index (χ4n) is 1.26. The summed E-state index contributed by atoms with van der Waals surface area (Å²) in [6, 6.07) is 4.04. The van der Waals surface area contributed by atoms with Crippen molar-refractivity contribution in [3.63, 3.8) is 0 Å². The molecule has 102 valence electrons. The molecule has 0 radical (unpaired) electrons. The number of benzene rings is 1. The van der Waals surface area contributed by atoms with Crippen molar-refractivity contribution in [1.82, 2.24) is 0 Å². The molecule has 1 rings (SSSR count). The lowest BCUT2D eigenvalue weighted by molar-refractivity contribution is 0.185. The first-order valence-corrected chi connectivity index (χ1v) is 5.18. The molecule has 0 aromatic heterocycles. The quantitative estimate of drug-likeness (QED) is 0.560. The first-order chi connectivity index (χ1) is 8.97. The van der Waals surface area contributed by atoms with Gasteiger partial charge in [-0.15, -0.1) is 0 Å². The SMILES string of the molecule is COC(=O)Nc1ccc(B(O)O)cc1NC(=O)OC. The molecule has 8 nitrogen and oxygen atoms in total. The van der Waals surface area contributed by atoms with Crippen molar-refractivity contribution in [3.05, 3.63) is 18.2 Å². The van der Waals surface area contributed by atoms with Crippen molar-refractivity contribution in [2.24, 2.45) is 0 Å². The highest BCUT2D eigenvalue weighted by molar-refractivity contribution is 6.58. The molecular formula is C10H13BN2O6. The van der Waals surface area contributed by atoms with E-state index in [4.69, 9.17) is 10.0 Å². The lowest BCUT2D eigenvalue weighted by atomic mass is 9.80. The van der Waals surface area contributed by atoms with E-state index in [1.807, 2.05) is 0 Å². The molecule has 0 saturated heterocycles. The van der Waals surface area contributed by atoms with Crippen LogP contribution in [0.5, 0.6) is 0 Å². The summed E-state index contributed by atoms with van der Waals surface area (Å²) >= 11 is 0. The summed E-state index contributed by atoms with van der Waals surface area (Å²) in [5, 5.41) is 22.8. The maximum absolute atomic E-state index is 11.2. The Morgan fingerprint density at radius 3 is 2.05 bits per heavy atom. The molecule has 0 saturated carbocycles. The highest BCUT2D eigenvalue weighted by Crippen LogP contribution is 2.20. The average molecular weight is 268 g/mol. The molecule has 0 aliphatic carbocycles. The summed E-state index contributed by atoms with van der Waals surface area (Å²) in [7, 11) is 0.660. The van der Waals surface area contributed by atoms with Gasteiger partial charge in [-0.3, -0.25) is 10.6 Å². The van der Waals surface area contributed by atoms with Crippen LogP contribution >= 0.6 is 0 Å². The maximum Gasteiger partial charge on any atom is 0.488 e. The fraction of sp³-hybridized carbons (Fsp3) is 0.200. The highest BCUT2D eigenvalue weighted by Gasteiger charge is 2.16. The lowest BCUT2D eigenvalue weighted by Crippen LogP contribution is -2.30. The van der Waals surface area contributed by atoms with Gasteiger partial charge in [-0.25, -0.2) is 9.59 Å². The highest BCUT2D eigenvalue weighted by atomic mass is 16.5. The maximum atomic E-state index is 11.2. The third kappa shape index (κ3) is 4.16. The molecule has 0 unspecified atom stereocenters. The van der Waals surface area contributed by atoms with E-state index in [1.54, 1.807) is 0 Å². The van der Waals surface area contributed by atoms with Crippen molar-refractivity contribution < 1.29 is 29.1 Å². The summed E-state index contributed by atoms with van der Waals surface area (Å²) < 4.78 is 8.85. The number of ether oxygens (including phenoxy) is 2. The summed E-state index contributed by atoms with van der Waals surface area (Å²) in [6.45, 7) is 0. The van der Waals surface area contributed by atoms with Crippen LogP contribution in [0, 0.1) is 0 Å². The van der Waals surface area contributed by atoms with Crippen LogP contribution in [0.3, 0.4) is 0 Å². The monoisotopic (exact) mass is 268 g/mol. The number of rotatable bonds is 3. The molecule has 0 fully saturated rings. The molecule has 19 heavy (non-hydrogen) atoms. The third-order valence-electron chi connectivity index (χ3n) is 2.19. The van der Waals surface area contributed by atoms with Crippen LogP contribution in [0.25, 0.3) is 0 Å². The van der Waals surface area contributed by atoms with E-state index >= 15 is 0 Å². The normalized spacial score (nSPS) is 9.47. The van der Waals surface area contributed by atoms with Gasteiger partial charge < -0.3 is 19.5 Å². The molecule has 0 aliphatic heterocycles. The van der Waals surface area contributed by atoms with Gasteiger partial charge in [0.2, 0.25) is 0 Å². The number of carbonyl (C=O) groups is 2. The van der Waals surface area contributed by atoms with Crippen LogP contribution in [0.4, 0.5) is 21.0 Å². The zero-order valence-electron chi connectivity index (χ0n) is 10.3. The smallest absolute Gasteiger partial charge is 0.453 e. The van der Waals surface area contributed by atoms with E-state index in [-0.39, 0.29) is 16.8 Å². The zero-order chi connectivity index (χ0) is 14.4. The van der Waals surface area contributed by atoms with Gasteiger partial charge in [0.15, 0.2) is 0 Å². The number of anilines is 2. The molecular weight excluding hydrogens is 255 g/mol. The van der Waals surface area contributed by atoms with E-state index in [1.165, 1.54) is 32.4 Å². The molecule has 0 spiro atoms. The van der Waals surface area contributed by atoms with E-state index in [0.717, 1.165) is 0 Å². The number of hydrogen-bond acceptors (Lipinski definition) is 6. The van der Waals surface area contributed by atoms with E-state index in [2.05, 4.69) is 20.1 Å². The van der Waals surface area contributed by atoms with Crippen molar-refractivity contribution in [2.75, 3.05) is 24.9 Å². The van der Waals surface area contributed by atoms with Crippen LogP contribution in [0.15, 0.2) is 18.2 Å². The zero-order valence-corrected chi connectivity index (χ0v) is 10.3. The largest absolute Gasteiger partial charge is 0.488 e. The van der Waals surface area contributed by atoms with Crippen LogP contribution in [0.2, 0.25) is 0 Å². The summed E-state index contributed by atoms with van der Waals surface area (Å²) in [6.07, 6.45) is -1.50. The van der Waals surface area contributed by atoms with Gasteiger partial charge in [-0.1, -0.05) is 6.07 Å². The standard InChI is InChI=1S/C10H13BN2O6/c1-18-9(14)12-7-4-3-6(11(16)17)5-8(7)13-10(15)19-2/h3-5,16-17H,1-2H3,(H,12,14)(H,13,15). The average Bonchev–Trinajstić information content (AvgIpc) is 2.39. The third-order valence-corrected chi connectivity index (χ3v) is 2.19. The van der Waals surface area contributed by atoms with Crippen molar-refractivity contribution in [2.45, 2.75) is 0 Å². The fourth-order valence-corrected chi connectivity index (χ4v) is 1.26. The number of amides is 2. The minimum absolute atomic E-state index is 0.141. The van der Waals surface area contributed by atoms with Crippen LogP contribution < -0.4 is 16.1 Å². The van der Waals surface area contributed by atoms with Crippen molar-refractivity contribution in [3.8, 4) is 0 Å². The van der Waals surface area contributed by atoms with Gasteiger partial charge in [0.05, 0.1) is 25.6 Å². The van der Waals surface area contributed by atoms with E-state index < -0.39 is 19.3 Å². The van der Waals surface area contributed by atoms with Gasteiger partial charge >= 0.3 is 19.3 Å². The predicted molar refractivity (Wildman–Crippen MR) is 68.3 cm³/mol. The van der Waals surface area contributed by atoms with Crippen LogP contribution in [-0.4, -0.2) is 43.6 Å². The molecule has 4 N–H and O–H groups in total. The Hall–Kier alpha value is -2.26. The summed E-state index contributed by atoms with van der Waals surface area (Å²) in [5.41, 5.74) is 0.506. The van der Waals surface area contributed by atoms with Crippen molar-refractivity contribution >= 4 is 36.1 Å². The Bertz CT molecular complexity index is 479. The molecule has 0 heterocycles. The first-order valence-electron chi connectivity index (χ1n) is 5.18. The predicted octanol–water partition coefficient (Wildman–Crippen LogP) is -0.277. The second kappa shape index (κ2) is 6.62. The molecule has 0 atom stereocenters. The number of hydrogen-bond donors (Lipinski definition) is 4. The van der Waals surface area contributed by atoms with E-state index in [0.29, 0.717) is 0 Å². The summed E-state index contributed by atoms with van der Waals surface area (Å²) in [5.74, 6) is 0. The Kier molecular flexibility index (Phi) is 5.16. The Balaban J connectivity index is 3.07. The number of carbonyl (C=O) groups excluding carboxylic acids is 2. The molecule has 2 amide bonds. The first kappa shape index (κ1) is 14.8. The molecule has 0 bridgehead atoms. The minimum Gasteiger partial charge on any atom is -0.453 e. The van der Waals surface area contributed by atoms with Gasteiger partial charge in [0.1, 0.15) is 0 Å². The topological polar surface area (TPSA) is 117 Å². The Labute approximate surface area is 109 Å². The number of nitrogens with one attached hydrogen (secondary N) is 2. The van der Waals surface area contributed by atoms with Gasteiger partial charge in [0.25, 0.3) is 0 Å². The van der Waals surface area contributed by atoms with E-state index in [9.17, 15) is 9.59 Å². The van der Waals surface area contributed by atoms with Crippen LogP contribution in [0.1, 0.15) is 0 Å². The van der Waals surface area contributed by atoms with Crippen LogP contribution in [-0.2, 0) is 9.47 Å².